The number of esters is 1. The van der Waals surface area contributed by atoms with Gasteiger partial charge in [-0.3, -0.25) is 4.79 Å². The molecule has 1 N–H and O–H groups in total. The number of piperidine rings is 1. The second-order valence-corrected chi connectivity index (χ2v) is 7.88. The largest absolute Gasteiger partial charge is 0.467 e. The minimum absolute atomic E-state index is 0.0637. The molecule has 12 heteroatoms. The number of aryl methyl sites for hydroxylation is 1. The van der Waals surface area contributed by atoms with Crippen molar-refractivity contribution >= 4 is 18.0 Å². The number of carbonyl (C=O) groups is 3. The van der Waals surface area contributed by atoms with Crippen LogP contribution in [0.25, 0.3) is 0 Å². The summed E-state index contributed by atoms with van der Waals surface area (Å²) in [6.45, 7) is 0.620. The zero-order valence-electron chi connectivity index (χ0n) is 19.4. The van der Waals surface area contributed by atoms with Crippen molar-refractivity contribution in [1.29, 1.82) is 0 Å². The Morgan fingerprint density at radius 2 is 1.97 bits per heavy atom. The molecule has 3 rings (SSSR count). The highest BCUT2D eigenvalue weighted by molar-refractivity contribution is 5.89. The zero-order valence-corrected chi connectivity index (χ0v) is 19.4. The summed E-state index contributed by atoms with van der Waals surface area (Å²) in [7, 11) is 2.82. The molecule has 2 atom stereocenters. The maximum absolute atomic E-state index is 13.5. The van der Waals surface area contributed by atoms with Gasteiger partial charge < -0.3 is 24.4 Å². The van der Waals surface area contributed by atoms with Crippen molar-refractivity contribution in [2.45, 2.75) is 57.5 Å². The summed E-state index contributed by atoms with van der Waals surface area (Å²) in [5.74, 6) is -0.345. The normalized spacial score (nSPS) is 16.5. The summed E-state index contributed by atoms with van der Waals surface area (Å²) in [6.07, 6.45) is 1.85. The standard InChI is InChI=1S/C22H30N6O6/c1-32-15-28-19(24-25-26-28)12-11-17(23-22(31)34-14-16-8-4-3-5-9-16)20(29)27-13-7-6-10-18(27)21(30)33-2/h3-5,8-9,17-18H,6-7,10-15H2,1-2H3,(H,23,31)/t17-,18-/m0/s1. The monoisotopic (exact) mass is 474 g/mol. The third kappa shape index (κ3) is 6.73. The lowest BCUT2D eigenvalue weighted by Gasteiger charge is -2.36. The van der Waals surface area contributed by atoms with Crippen LogP contribution in [-0.2, 0) is 43.6 Å². The molecule has 0 aliphatic carbocycles. The van der Waals surface area contributed by atoms with Gasteiger partial charge in [0.15, 0.2) is 5.82 Å². The van der Waals surface area contributed by atoms with Crippen LogP contribution in [0.4, 0.5) is 4.79 Å². The predicted molar refractivity (Wildman–Crippen MR) is 118 cm³/mol. The highest BCUT2D eigenvalue weighted by atomic mass is 16.5. The first kappa shape index (κ1) is 25.1. The molecule has 1 fully saturated rings. The SMILES string of the molecule is COCn1nnnc1CC[C@H](NC(=O)OCc1ccccc1)C(=O)N1CCCC[C@H]1C(=O)OC. The molecule has 0 radical (unpaired) electrons. The molecule has 0 unspecified atom stereocenters. The number of rotatable bonds is 10. The van der Waals surface area contributed by atoms with Crippen LogP contribution >= 0.6 is 0 Å². The lowest BCUT2D eigenvalue weighted by atomic mass is 10.00. The number of benzene rings is 1. The summed E-state index contributed by atoms with van der Waals surface area (Å²) in [6, 6.07) is 7.59. The van der Waals surface area contributed by atoms with E-state index in [2.05, 4.69) is 20.8 Å². The Labute approximate surface area is 197 Å². The molecule has 0 bridgehead atoms. The molecule has 1 saturated heterocycles. The van der Waals surface area contributed by atoms with Gasteiger partial charge in [0, 0.05) is 20.1 Å². The van der Waals surface area contributed by atoms with Gasteiger partial charge >= 0.3 is 12.1 Å². The molecular weight excluding hydrogens is 444 g/mol. The van der Waals surface area contributed by atoms with Gasteiger partial charge in [-0.15, -0.1) is 5.10 Å². The van der Waals surface area contributed by atoms with Gasteiger partial charge in [0.1, 0.15) is 25.4 Å². The maximum atomic E-state index is 13.5. The van der Waals surface area contributed by atoms with E-state index in [4.69, 9.17) is 14.2 Å². The topological polar surface area (TPSA) is 138 Å². The third-order valence-corrected chi connectivity index (χ3v) is 5.58. The molecule has 12 nitrogen and oxygen atoms in total. The summed E-state index contributed by atoms with van der Waals surface area (Å²) < 4.78 is 16.7. The molecular formula is C22H30N6O6. The van der Waals surface area contributed by atoms with E-state index in [1.165, 1.54) is 23.8 Å². The Hall–Kier alpha value is -3.54. The van der Waals surface area contributed by atoms with Crippen molar-refractivity contribution in [3.63, 3.8) is 0 Å². The number of hydrogen-bond donors (Lipinski definition) is 1. The highest BCUT2D eigenvalue weighted by Crippen LogP contribution is 2.20. The van der Waals surface area contributed by atoms with Crippen molar-refractivity contribution in [1.82, 2.24) is 30.4 Å². The van der Waals surface area contributed by atoms with Crippen LogP contribution in [0.3, 0.4) is 0 Å². The van der Waals surface area contributed by atoms with E-state index in [0.717, 1.165) is 18.4 Å². The number of tetrazole rings is 1. The molecule has 2 amide bonds. The summed E-state index contributed by atoms with van der Waals surface area (Å²) >= 11 is 0. The molecule has 0 saturated carbocycles. The predicted octanol–water partition coefficient (Wildman–Crippen LogP) is 1.06. The van der Waals surface area contributed by atoms with Gasteiger partial charge in [0.05, 0.1) is 7.11 Å². The first-order chi connectivity index (χ1) is 16.5. The van der Waals surface area contributed by atoms with Gasteiger partial charge in [-0.25, -0.2) is 14.3 Å². The average molecular weight is 475 g/mol. The number of carbonyl (C=O) groups excluding carboxylic acids is 3. The molecule has 34 heavy (non-hydrogen) atoms. The number of nitrogens with zero attached hydrogens (tertiary/aromatic N) is 5. The van der Waals surface area contributed by atoms with Crippen LogP contribution in [-0.4, -0.2) is 75.9 Å². The third-order valence-electron chi connectivity index (χ3n) is 5.58. The summed E-state index contributed by atoms with van der Waals surface area (Å²) in [5, 5.41) is 14.1. The number of alkyl carbamates (subject to hydrolysis) is 1. The number of hydrogen-bond acceptors (Lipinski definition) is 9. The van der Waals surface area contributed by atoms with Crippen LogP contribution in [0.1, 0.15) is 37.1 Å². The van der Waals surface area contributed by atoms with Crippen molar-refractivity contribution in [3.05, 3.63) is 41.7 Å². The highest BCUT2D eigenvalue weighted by Gasteiger charge is 2.37. The number of aromatic nitrogens is 4. The van der Waals surface area contributed by atoms with E-state index in [1.54, 1.807) is 0 Å². The van der Waals surface area contributed by atoms with Crippen LogP contribution < -0.4 is 5.32 Å². The van der Waals surface area contributed by atoms with Crippen LogP contribution in [0.15, 0.2) is 30.3 Å². The minimum atomic E-state index is -0.943. The summed E-state index contributed by atoms with van der Waals surface area (Å²) in [4.78, 5) is 39.8. The van der Waals surface area contributed by atoms with Crippen molar-refractivity contribution in [2.24, 2.45) is 0 Å². The lowest BCUT2D eigenvalue weighted by Crippen LogP contribution is -2.55. The number of likely N-dealkylation sites (tertiary alicyclic amines) is 1. The second kappa shape index (κ2) is 12.6. The van der Waals surface area contributed by atoms with Crippen LogP contribution in [0, 0.1) is 0 Å². The Morgan fingerprint density at radius 3 is 2.71 bits per heavy atom. The van der Waals surface area contributed by atoms with Gasteiger partial charge in [-0.1, -0.05) is 30.3 Å². The molecule has 2 aromatic rings. The van der Waals surface area contributed by atoms with Gasteiger partial charge in [0.2, 0.25) is 5.91 Å². The van der Waals surface area contributed by atoms with Crippen molar-refractivity contribution in [2.75, 3.05) is 20.8 Å². The Morgan fingerprint density at radius 1 is 1.18 bits per heavy atom. The minimum Gasteiger partial charge on any atom is -0.467 e. The van der Waals surface area contributed by atoms with Crippen molar-refractivity contribution in [3.8, 4) is 0 Å². The Kier molecular flexibility index (Phi) is 9.32. The zero-order chi connectivity index (χ0) is 24.3. The lowest BCUT2D eigenvalue weighted by molar-refractivity contribution is -0.155. The molecule has 1 aromatic carbocycles. The number of ether oxygens (including phenoxy) is 3. The molecule has 184 valence electrons. The fourth-order valence-corrected chi connectivity index (χ4v) is 3.84. The smallest absolute Gasteiger partial charge is 0.408 e. The maximum Gasteiger partial charge on any atom is 0.408 e. The van der Waals surface area contributed by atoms with Crippen molar-refractivity contribution < 1.29 is 28.6 Å². The molecule has 0 spiro atoms. The fraction of sp³-hybridized carbons (Fsp3) is 0.545. The number of amides is 2. The number of methoxy groups -OCH3 is 2. The van der Waals surface area contributed by atoms with E-state index < -0.39 is 24.1 Å². The van der Waals surface area contributed by atoms with E-state index in [0.29, 0.717) is 25.2 Å². The van der Waals surface area contributed by atoms with E-state index in [9.17, 15) is 14.4 Å². The quantitative estimate of drug-likeness (QED) is 0.501. The van der Waals surface area contributed by atoms with Gasteiger partial charge in [0.25, 0.3) is 0 Å². The molecule has 1 aliphatic rings. The van der Waals surface area contributed by atoms with Crippen LogP contribution in [0.5, 0.6) is 0 Å². The Bertz CT molecular complexity index is 952. The first-order valence-corrected chi connectivity index (χ1v) is 11.1. The van der Waals surface area contributed by atoms with Gasteiger partial charge in [-0.05, 0) is 41.7 Å². The van der Waals surface area contributed by atoms with Gasteiger partial charge in [-0.2, -0.15) is 0 Å². The molecule has 1 aromatic heterocycles. The fourth-order valence-electron chi connectivity index (χ4n) is 3.84. The Balaban J connectivity index is 1.71. The molecule has 1 aliphatic heterocycles. The second-order valence-electron chi connectivity index (χ2n) is 7.88. The van der Waals surface area contributed by atoms with E-state index >= 15 is 0 Å². The molecule has 2 heterocycles. The first-order valence-electron chi connectivity index (χ1n) is 11.1. The summed E-state index contributed by atoms with van der Waals surface area (Å²) in [5.41, 5.74) is 0.820. The average Bonchev–Trinajstić information content (AvgIpc) is 3.32. The van der Waals surface area contributed by atoms with E-state index in [1.807, 2.05) is 30.3 Å². The number of nitrogens with one attached hydrogen (secondary N) is 1. The van der Waals surface area contributed by atoms with Crippen LogP contribution in [0.2, 0.25) is 0 Å². The van der Waals surface area contributed by atoms with E-state index in [-0.39, 0.29) is 25.7 Å².